The SMILES string of the molecule is O=c1c(C(c2ccc(Cl)cc2)c2c(O)nc3n(c2=O)CCCS3)c(O)nc2n1CCCS2. The first-order valence-corrected chi connectivity index (χ1v) is 12.5. The number of halogens is 1. The quantitative estimate of drug-likeness (QED) is 0.539. The molecule has 0 amide bonds. The van der Waals surface area contributed by atoms with Crippen molar-refractivity contribution in [3.8, 4) is 11.8 Å². The zero-order valence-electron chi connectivity index (χ0n) is 16.8. The Hall–Kier alpha value is -2.43. The summed E-state index contributed by atoms with van der Waals surface area (Å²) in [5.74, 6) is -0.347. The van der Waals surface area contributed by atoms with Crippen LogP contribution in [-0.4, -0.2) is 40.8 Å². The molecule has 0 atom stereocenters. The topological polar surface area (TPSA) is 110 Å². The van der Waals surface area contributed by atoms with Crippen molar-refractivity contribution in [1.29, 1.82) is 0 Å². The molecule has 2 aliphatic heterocycles. The van der Waals surface area contributed by atoms with Crippen molar-refractivity contribution in [3.05, 3.63) is 66.7 Å². The van der Waals surface area contributed by atoms with Crippen molar-refractivity contribution in [2.24, 2.45) is 0 Å². The zero-order valence-corrected chi connectivity index (χ0v) is 19.2. The Morgan fingerprint density at radius 2 is 1.31 bits per heavy atom. The van der Waals surface area contributed by atoms with E-state index in [0.717, 1.165) is 24.3 Å². The van der Waals surface area contributed by atoms with Crippen molar-refractivity contribution >= 4 is 35.1 Å². The Bertz CT molecular complexity index is 1240. The summed E-state index contributed by atoms with van der Waals surface area (Å²) in [5.41, 5.74) is -0.467. The van der Waals surface area contributed by atoms with Gasteiger partial charge in [-0.1, -0.05) is 47.3 Å². The minimum atomic E-state index is -1.05. The second kappa shape index (κ2) is 8.49. The molecule has 2 aliphatic rings. The number of benzene rings is 1. The van der Waals surface area contributed by atoms with Crippen LogP contribution in [0.3, 0.4) is 0 Å². The third-order valence-electron chi connectivity index (χ3n) is 5.59. The molecular formula is C21H19ClN4O4S2. The molecule has 0 spiro atoms. The molecule has 11 heteroatoms. The van der Waals surface area contributed by atoms with E-state index in [1.807, 2.05) is 0 Å². The van der Waals surface area contributed by atoms with Crippen LogP contribution in [-0.2, 0) is 13.1 Å². The maximum atomic E-state index is 13.5. The zero-order chi connectivity index (χ0) is 22.4. The molecular weight excluding hydrogens is 472 g/mol. The van der Waals surface area contributed by atoms with E-state index in [2.05, 4.69) is 9.97 Å². The number of fused-ring (bicyclic) bond motifs is 2. The Labute approximate surface area is 196 Å². The molecule has 0 unspecified atom stereocenters. The smallest absolute Gasteiger partial charge is 0.262 e. The molecule has 1 aromatic carbocycles. The normalized spacial score (nSPS) is 15.4. The van der Waals surface area contributed by atoms with Crippen LogP contribution in [0, 0.1) is 0 Å². The highest BCUT2D eigenvalue weighted by Crippen LogP contribution is 2.38. The minimum Gasteiger partial charge on any atom is -0.493 e. The molecule has 0 aliphatic carbocycles. The number of hydrogen-bond acceptors (Lipinski definition) is 8. The van der Waals surface area contributed by atoms with Gasteiger partial charge in [0, 0.05) is 29.6 Å². The van der Waals surface area contributed by atoms with Crippen LogP contribution in [0.25, 0.3) is 0 Å². The van der Waals surface area contributed by atoms with Crippen molar-refractivity contribution in [3.63, 3.8) is 0 Å². The number of hydrogen-bond donors (Lipinski definition) is 2. The van der Waals surface area contributed by atoms with Gasteiger partial charge in [0.15, 0.2) is 10.3 Å². The van der Waals surface area contributed by atoms with Gasteiger partial charge in [-0.05, 0) is 30.5 Å². The second-order valence-electron chi connectivity index (χ2n) is 7.57. The lowest BCUT2D eigenvalue weighted by Crippen LogP contribution is -2.35. The molecule has 0 bridgehead atoms. The lowest BCUT2D eigenvalue weighted by Gasteiger charge is -2.24. The predicted octanol–water partition coefficient (Wildman–Crippen LogP) is 3.04. The van der Waals surface area contributed by atoms with Crippen LogP contribution in [0.15, 0.2) is 44.2 Å². The number of aromatic nitrogens is 4. The fraction of sp³-hybridized carbons (Fsp3) is 0.333. The number of rotatable bonds is 3. The summed E-state index contributed by atoms with van der Waals surface area (Å²) in [7, 11) is 0. The van der Waals surface area contributed by atoms with Gasteiger partial charge in [-0.25, -0.2) is 0 Å². The van der Waals surface area contributed by atoms with Crippen molar-refractivity contribution in [2.45, 2.75) is 42.2 Å². The molecule has 5 rings (SSSR count). The molecule has 3 aromatic rings. The summed E-state index contributed by atoms with van der Waals surface area (Å²) in [6, 6.07) is 6.61. The van der Waals surface area contributed by atoms with Gasteiger partial charge in [-0.2, -0.15) is 9.97 Å². The molecule has 0 fully saturated rings. The summed E-state index contributed by atoms with van der Waals surface area (Å²) in [6.07, 6.45) is 1.58. The Balaban J connectivity index is 1.81. The third-order valence-corrected chi connectivity index (χ3v) is 7.97. The standard InChI is InChI=1S/C21H19ClN4O4S2/c22-12-5-3-11(4-6-12)13(14-16(27)23-20-25(18(14)29)7-1-9-31-20)15-17(28)24-21-26(19(15)30)8-2-10-32-21/h3-6,13,27-28H,1-2,7-10H2. The lowest BCUT2D eigenvalue weighted by atomic mass is 9.86. The Morgan fingerprint density at radius 1 is 0.844 bits per heavy atom. The molecule has 32 heavy (non-hydrogen) atoms. The van der Waals surface area contributed by atoms with E-state index in [-0.39, 0.29) is 11.1 Å². The lowest BCUT2D eigenvalue weighted by molar-refractivity contribution is 0.406. The van der Waals surface area contributed by atoms with E-state index in [9.17, 15) is 19.8 Å². The highest BCUT2D eigenvalue weighted by Gasteiger charge is 2.34. The Kier molecular flexibility index (Phi) is 5.68. The van der Waals surface area contributed by atoms with E-state index >= 15 is 0 Å². The Morgan fingerprint density at radius 3 is 1.78 bits per heavy atom. The van der Waals surface area contributed by atoms with E-state index in [4.69, 9.17) is 11.6 Å². The molecule has 0 saturated carbocycles. The van der Waals surface area contributed by atoms with Crippen molar-refractivity contribution in [1.82, 2.24) is 19.1 Å². The number of nitrogens with zero attached hydrogens (tertiary/aromatic N) is 4. The van der Waals surface area contributed by atoms with Gasteiger partial charge in [0.1, 0.15) is 0 Å². The highest BCUT2D eigenvalue weighted by molar-refractivity contribution is 7.99. The van der Waals surface area contributed by atoms with Crippen LogP contribution < -0.4 is 11.1 Å². The fourth-order valence-corrected chi connectivity index (χ4v) is 6.10. The summed E-state index contributed by atoms with van der Waals surface area (Å²) in [5, 5.41) is 23.0. The molecule has 8 nitrogen and oxygen atoms in total. The summed E-state index contributed by atoms with van der Waals surface area (Å²) < 4.78 is 3.03. The molecule has 2 aromatic heterocycles. The van der Waals surface area contributed by atoms with Gasteiger partial charge in [0.05, 0.1) is 17.0 Å². The van der Waals surface area contributed by atoms with Crippen molar-refractivity contribution < 1.29 is 10.2 Å². The first-order chi connectivity index (χ1) is 15.5. The maximum absolute atomic E-state index is 13.5. The first kappa shape index (κ1) is 21.4. The minimum absolute atomic E-state index is 0.0585. The van der Waals surface area contributed by atoms with Crippen LogP contribution in [0.1, 0.15) is 35.4 Å². The summed E-state index contributed by atoms with van der Waals surface area (Å²) in [6.45, 7) is 0.942. The van der Waals surface area contributed by atoms with Crippen LogP contribution in [0.5, 0.6) is 11.8 Å². The highest BCUT2D eigenvalue weighted by atomic mass is 35.5. The van der Waals surface area contributed by atoms with Gasteiger partial charge >= 0.3 is 0 Å². The van der Waals surface area contributed by atoms with Gasteiger partial charge in [-0.3, -0.25) is 18.7 Å². The van der Waals surface area contributed by atoms with E-state index in [1.165, 1.54) is 32.7 Å². The molecule has 166 valence electrons. The van der Waals surface area contributed by atoms with Crippen molar-refractivity contribution in [2.75, 3.05) is 11.5 Å². The largest absolute Gasteiger partial charge is 0.493 e. The number of thioether (sulfide) groups is 2. The molecule has 0 radical (unpaired) electrons. The van der Waals surface area contributed by atoms with E-state index < -0.39 is 28.8 Å². The maximum Gasteiger partial charge on any atom is 0.262 e. The predicted molar refractivity (Wildman–Crippen MR) is 123 cm³/mol. The van der Waals surface area contributed by atoms with E-state index in [0.29, 0.717) is 34.0 Å². The third kappa shape index (κ3) is 3.60. The monoisotopic (exact) mass is 490 g/mol. The van der Waals surface area contributed by atoms with Crippen LogP contribution in [0.4, 0.5) is 0 Å². The first-order valence-electron chi connectivity index (χ1n) is 10.1. The van der Waals surface area contributed by atoms with Gasteiger partial charge < -0.3 is 10.2 Å². The summed E-state index contributed by atoms with van der Waals surface area (Å²) >= 11 is 8.86. The van der Waals surface area contributed by atoms with Crippen LogP contribution in [0.2, 0.25) is 5.02 Å². The second-order valence-corrected chi connectivity index (χ2v) is 10.1. The van der Waals surface area contributed by atoms with Gasteiger partial charge in [0.25, 0.3) is 11.1 Å². The average Bonchev–Trinajstić information content (AvgIpc) is 2.78. The molecule has 4 heterocycles. The number of aromatic hydroxyl groups is 2. The van der Waals surface area contributed by atoms with Gasteiger partial charge in [-0.15, -0.1) is 0 Å². The van der Waals surface area contributed by atoms with Gasteiger partial charge in [0.2, 0.25) is 11.8 Å². The molecule has 0 saturated heterocycles. The van der Waals surface area contributed by atoms with Crippen LogP contribution >= 0.6 is 35.1 Å². The molecule has 2 N–H and O–H groups in total. The fourth-order valence-electron chi connectivity index (χ4n) is 4.10. The summed E-state index contributed by atoms with van der Waals surface area (Å²) in [4.78, 5) is 35.5. The average molecular weight is 491 g/mol. The van der Waals surface area contributed by atoms with E-state index in [1.54, 1.807) is 24.3 Å².